The van der Waals surface area contributed by atoms with Gasteiger partial charge in [0, 0.05) is 13.2 Å². The van der Waals surface area contributed by atoms with E-state index in [0.717, 1.165) is 28.6 Å². The number of hydrogen-bond donors (Lipinski definition) is 1. The van der Waals surface area contributed by atoms with Gasteiger partial charge in [-0.15, -0.1) is 0 Å². The summed E-state index contributed by atoms with van der Waals surface area (Å²) >= 11 is 0. The molecule has 0 fully saturated rings. The van der Waals surface area contributed by atoms with Gasteiger partial charge in [-0.3, -0.25) is 4.57 Å². The molecule has 0 spiro atoms. The van der Waals surface area contributed by atoms with E-state index in [1.165, 1.54) is 7.05 Å². The van der Waals surface area contributed by atoms with E-state index >= 15 is 0 Å². The summed E-state index contributed by atoms with van der Waals surface area (Å²) in [6.45, 7) is 0. The van der Waals surface area contributed by atoms with Gasteiger partial charge in [0.05, 0.1) is 13.3 Å². The molecular weight excluding hydrogens is 214 g/mol. The lowest BCUT2D eigenvalue weighted by Gasteiger charge is -1.97. The molecule has 0 unspecified atom stereocenters. The molecule has 1 N–H and O–H groups in total. The predicted molar refractivity (Wildman–Crippen MR) is 53.2 cm³/mol. The molecule has 16 heavy (non-hydrogen) atoms. The van der Waals surface area contributed by atoms with Crippen molar-refractivity contribution in [3.8, 4) is 11.9 Å². The van der Waals surface area contributed by atoms with Crippen molar-refractivity contribution >= 4 is 12.2 Å². The van der Waals surface area contributed by atoms with E-state index in [4.69, 9.17) is 5.26 Å². The lowest BCUT2D eigenvalue weighted by atomic mass is 10.3. The zero-order valence-electron chi connectivity index (χ0n) is 8.67. The van der Waals surface area contributed by atoms with Crippen LogP contribution in [0, 0.1) is 11.3 Å². The van der Waals surface area contributed by atoms with Crippen molar-refractivity contribution in [3.05, 3.63) is 22.3 Å². The second-order valence-corrected chi connectivity index (χ2v) is 2.90. The zero-order chi connectivity index (χ0) is 12.3. The lowest BCUT2D eigenvalue weighted by Crippen LogP contribution is -2.19. The van der Waals surface area contributed by atoms with E-state index in [9.17, 15) is 14.7 Å². The number of nitriles is 1. The molecule has 0 amide bonds. The van der Waals surface area contributed by atoms with Crippen LogP contribution in [0.2, 0.25) is 0 Å². The van der Waals surface area contributed by atoms with Gasteiger partial charge in [0.2, 0.25) is 5.88 Å². The number of methoxy groups -OCH3 is 1. The van der Waals surface area contributed by atoms with Crippen molar-refractivity contribution in [2.75, 3.05) is 7.11 Å². The maximum Gasteiger partial charge on any atom is 0.350 e. The van der Waals surface area contributed by atoms with E-state index in [2.05, 4.69) is 4.74 Å². The van der Waals surface area contributed by atoms with Gasteiger partial charge in [-0.25, -0.2) is 14.2 Å². The minimum Gasteiger partial charge on any atom is -0.493 e. The molecule has 0 aliphatic carbocycles. The van der Waals surface area contributed by atoms with Crippen LogP contribution in [0.3, 0.4) is 0 Å². The van der Waals surface area contributed by atoms with Crippen LogP contribution in [-0.4, -0.2) is 27.3 Å². The molecule has 7 heteroatoms. The molecule has 0 saturated carbocycles. The first-order valence-electron chi connectivity index (χ1n) is 4.18. The number of aromatic hydroxyl groups is 1. The summed E-state index contributed by atoms with van der Waals surface area (Å²) in [5, 5.41) is 18.0. The van der Waals surface area contributed by atoms with Gasteiger partial charge in [-0.05, 0) is 0 Å². The highest BCUT2D eigenvalue weighted by Gasteiger charge is 2.12. The van der Waals surface area contributed by atoms with Crippen LogP contribution in [0.4, 0.5) is 0 Å². The van der Waals surface area contributed by atoms with Gasteiger partial charge in [0.1, 0.15) is 6.07 Å². The van der Waals surface area contributed by atoms with Crippen LogP contribution in [0.1, 0.15) is 0 Å². The van der Waals surface area contributed by atoms with Crippen LogP contribution in [-0.2, 0) is 16.6 Å². The maximum atomic E-state index is 11.4. The van der Waals surface area contributed by atoms with Gasteiger partial charge in [0.15, 0.2) is 5.57 Å². The minimum atomic E-state index is -0.877. The Morgan fingerprint density at radius 3 is 2.69 bits per heavy atom. The van der Waals surface area contributed by atoms with Crippen LogP contribution < -0.4 is 5.69 Å². The first kappa shape index (κ1) is 11.6. The molecule has 1 rings (SSSR count). The molecule has 0 aliphatic rings. The highest BCUT2D eigenvalue weighted by Crippen LogP contribution is 2.07. The number of nitrogens with zero attached hydrogens (tertiary/aromatic N) is 3. The topological polar surface area (TPSA) is 97.2 Å². The fraction of sp³-hybridized carbons (Fsp3) is 0.222. The SMILES string of the molecule is COC(=O)C(C#N)=Cn1c(O)cn(C)c1=O. The van der Waals surface area contributed by atoms with Crippen molar-refractivity contribution in [1.29, 1.82) is 5.26 Å². The molecule has 1 aromatic heterocycles. The van der Waals surface area contributed by atoms with Gasteiger partial charge in [0.25, 0.3) is 0 Å². The Morgan fingerprint density at radius 2 is 2.31 bits per heavy atom. The minimum absolute atomic E-state index is 0.371. The smallest absolute Gasteiger partial charge is 0.350 e. The summed E-state index contributed by atoms with van der Waals surface area (Å²) in [7, 11) is 2.54. The van der Waals surface area contributed by atoms with Gasteiger partial charge < -0.3 is 9.84 Å². The van der Waals surface area contributed by atoms with Gasteiger partial charge in [-0.2, -0.15) is 5.26 Å². The molecule has 0 aromatic carbocycles. The third-order valence-electron chi connectivity index (χ3n) is 1.85. The fourth-order valence-corrected chi connectivity index (χ4v) is 1.05. The molecule has 0 aliphatic heterocycles. The normalized spacial score (nSPS) is 10.9. The number of rotatable bonds is 2. The number of carbonyl (C=O) groups excluding carboxylic acids is 1. The highest BCUT2D eigenvalue weighted by atomic mass is 16.5. The van der Waals surface area contributed by atoms with Crippen molar-refractivity contribution in [2.45, 2.75) is 0 Å². The second-order valence-electron chi connectivity index (χ2n) is 2.90. The molecule has 0 saturated heterocycles. The number of esters is 1. The molecule has 84 valence electrons. The number of imidazole rings is 1. The fourth-order valence-electron chi connectivity index (χ4n) is 1.05. The number of hydrogen-bond acceptors (Lipinski definition) is 5. The quantitative estimate of drug-likeness (QED) is 0.411. The number of carbonyl (C=O) groups is 1. The lowest BCUT2D eigenvalue weighted by molar-refractivity contribution is -0.135. The Hall–Kier alpha value is -2.49. The Balaban J connectivity index is 3.31. The Bertz CT molecular complexity index is 544. The summed E-state index contributed by atoms with van der Waals surface area (Å²) in [5.41, 5.74) is -0.958. The third kappa shape index (κ3) is 1.95. The second kappa shape index (κ2) is 4.35. The molecular formula is C9H9N3O4. The summed E-state index contributed by atoms with van der Waals surface area (Å²) in [5.74, 6) is -1.25. The van der Waals surface area contributed by atoms with Crippen molar-refractivity contribution in [1.82, 2.24) is 9.13 Å². The Kier molecular flexibility index (Phi) is 3.15. The number of aryl methyl sites for hydroxylation is 1. The van der Waals surface area contributed by atoms with Gasteiger partial charge in [-0.1, -0.05) is 0 Å². The van der Waals surface area contributed by atoms with Crippen molar-refractivity contribution in [3.63, 3.8) is 0 Å². The van der Waals surface area contributed by atoms with E-state index in [1.54, 1.807) is 6.07 Å². The first-order chi connectivity index (χ1) is 7.51. The molecule has 0 radical (unpaired) electrons. The van der Waals surface area contributed by atoms with E-state index in [1.807, 2.05) is 0 Å². The average molecular weight is 223 g/mol. The molecule has 0 atom stereocenters. The summed E-state index contributed by atoms with van der Waals surface area (Å²) < 4.78 is 6.21. The number of ether oxygens (including phenoxy) is 1. The molecule has 7 nitrogen and oxygen atoms in total. The van der Waals surface area contributed by atoms with E-state index in [0.29, 0.717) is 0 Å². The summed E-state index contributed by atoms with van der Waals surface area (Å²) in [6, 6.07) is 1.57. The van der Waals surface area contributed by atoms with Crippen LogP contribution >= 0.6 is 0 Å². The van der Waals surface area contributed by atoms with Crippen molar-refractivity contribution < 1.29 is 14.6 Å². The molecule has 0 bridgehead atoms. The average Bonchev–Trinajstić information content (AvgIpc) is 2.50. The van der Waals surface area contributed by atoms with Crippen LogP contribution in [0.5, 0.6) is 5.88 Å². The Morgan fingerprint density at radius 1 is 1.69 bits per heavy atom. The van der Waals surface area contributed by atoms with E-state index < -0.39 is 11.7 Å². The van der Waals surface area contributed by atoms with E-state index in [-0.39, 0.29) is 11.5 Å². The van der Waals surface area contributed by atoms with Crippen LogP contribution in [0.15, 0.2) is 16.6 Å². The molecule has 1 heterocycles. The first-order valence-corrected chi connectivity index (χ1v) is 4.18. The monoisotopic (exact) mass is 223 g/mol. The van der Waals surface area contributed by atoms with Gasteiger partial charge >= 0.3 is 11.7 Å². The Labute approximate surface area is 90.4 Å². The summed E-state index contributed by atoms with van der Waals surface area (Å²) in [4.78, 5) is 22.5. The third-order valence-corrected chi connectivity index (χ3v) is 1.85. The number of aromatic nitrogens is 2. The van der Waals surface area contributed by atoms with Crippen molar-refractivity contribution in [2.24, 2.45) is 7.05 Å². The molecule has 1 aromatic rings. The highest BCUT2D eigenvalue weighted by molar-refractivity contribution is 5.96. The largest absolute Gasteiger partial charge is 0.493 e. The van der Waals surface area contributed by atoms with Crippen LogP contribution in [0.25, 0.3) is 6.20 Å². The zero-order valence-corrected chi connectivity index (χ0v) is 8.67. The standard InChI is InChI=1S/C9H9N3O4/c1-11-5-7(13)12(9(11)15)4-6(3-10)8(14)16-2/h4-5,13H,1-2H3. The summed E-state index contributed by atoms with van der Waals surface area (Å²) in [6.07, 6.45) is 2.08. The maximum absolute atomic E-state index is 11.4. The predicted octanol–water partition coefficient (Wildman–Crippen LogP) is -0.570.